The van der Waals surface area contributed by atoms with E-state index in [9.17, 15) is 18.8 Å². The van der Waals surface area contributed by atoms with Crippen LogP contribution in [0.15, 0.2) is 36.4 Å². The van der Waals surface area contributed by atoms with Crippen molar-refractivity contribution in [1.82, 2.24) is 15.1 Å². The topological polar surface area (TPSA) is 69.7 Å². The maximum Gasteiger partial charge on any atom is 0.325 e. The van der Waals surface area contributed by atoms with Crippen LogP contribution in [0.1, 0.15) is 32.8 Å². The monoisotopic (exact) mass is 361 g/mol. The van der Waals surface area contributed by atoms with Crippen LogP contribution in [0.25, 0.3) is 0 Å². The van der Waals surface area contributed by atoms with Crippen LogP contribution in [0.2, 0.25) is 0 Å². The molecule has 0 spiro atoms. The lowest BCUT2D eigenvalue weighted by Gasteiger charge is -2.26. The standard InChI is InChI=1S/C19H24FN3O3/c1-5-19(14-7-9-15(20)10-8-14)17(25)23(18(26)21-19)12-16(24)22(6-2)11-13(3)4/h7-10H,3,5-6,11-12H2,1-2,4H3,(H,21,26)/t19-/m1/s1. The van der Waals surface area contributed by atoms with E-state index in [2.05, 4.69) is 11.9 Å². The van der Waals surface area contributed by atoms with Gasteiger partial charge < -0.3 is 10.2 Å². The van der Waals surface area contributed by atoms with E-state index in [1.54, 1.807) is 13.8 Å². The van der Waals surface area contributed by atoms with E-state index in [0.29, 0.717) is 18.7 Å². The second kappa shape index (κ2) is 7.68. The van der Waals surface area contributed by atoms with E-state index >= 15 is 0 Å². The fourth-order valence-corrected chi connectivity index (χ4v) is 3.08. The summed E-state index contributed by atoms with van der Waals surface area (Å²) in [5.74, 6) is -1.26. The third-order valence-electron chi connectivity index (χ3n) is 4.53. The maximum absolute atomic E-state index is 13.2. The normalized spacial score (nSPS) is 19.5. The van der Waals surface area contributed by atoms with E-state index in [0.717, 1.165) is 10.5 Å². The highest BCUT2D eigenvalue weighted by molar-refractivity contribution is 6.09. The molecule has 1 atom stereocenters. The summed E-state index contributed by atoms with van der Waals surface area (Å²) in [7, 11) is 0. The smallest absolute Gasteiger partial charge is 0.325 e. The molecular formula is C19H24FN3O3. The summed E-state index contributed by atoms with van der Waals surface area (Å²) in [6.07, 6.45) is 0.289. The van der Waals surface area contributed by atoms with Gasteiger partial charge >= 0.3 is 6.03 Å². The van der Waals surface area contributed by atoms with E-state index in [-0.39, 0.29) is 18.9 Å². The van der Waals surface area contributed by atoms with Crippen LogP contribution in [0.5, 0.6) is 0 Å². The van der Waals surface area contributed by atoms with Gasteiger partial charge in [0.25, 0.3) is 5.91 Å². The van der Waals surface area contributed by atoms with Gasteiger partial charge in [-0.05, 0) is 38.0 Å². The number of rotatable bonds is 7. The summed E-state index contributed by atoms with van der Waals surface area (Å²) in [5.41, 5.74) is 0.0202. The van der Waals surface area contributed by atoms with Crippen molar-refractivity contribution in [3.8, 4) is 0 Å². The molecule has 1 saturated heterocycles. The summed E-state index contributed by atoms with van der Waals surface area (Å²) in [5, 5.41) is 2.68. The molecule has 2 rings (SSSR count). The first-order valence-electron chi connectivity index (χ1n) is 8.57. The van der Waals surface area contributed by atoms with Crippen LogP contribution in [-0.4, -0.2) is 47.3 Å². The number of benzene rings is 1. The second-order valence-electron chi connectivity index (χ2n) is 6.45. The Labute approximate surface area is 152 Å². The first-order valence-corrected chi connectivity index (χ1v) is 8.57. The molecule has 0 aromatic heterocycles. The molecule has 1 fully saturated rings. The summed E-state index contributed by atoms with van der Waals surface area (Å²) in [6, 6.07) is 4.81. The van der Waals surface area contributed by atoms with Gasteiger partial charge in [0, 0.05) is 13.1 Å². The number of carbonyl (C=O) groups is 3. The minimum Gasteiger partial charge on any atom is -0.337 e. The fraction of sp³-hybridized carbons (Fsp3) is 0.421. The molecule has 1 aromatic carbocycles. The van der Waals surface area contributed by atoms with Crippen LogP contribution in [-0.2, 0) is 15.1 Å². The van der Waals surface area contributed by atoms with Crippen molar-refractivity contribution < 1.29 is 18.8 Å². The lowest BCUT2D eigenvalue weighted by atomic mass is 9.87. The molecule has 6 nitrogen and oxygen atoms in total. The Hall–Kier alpha value is -2.70. The van der Waals surface area contributed by atoms with Crippen molar-refractivity contribution in [2.45, 2.75) is 32.7 Å². The third-order valence-corrected chi connectivity index (χ3v) is 4.53. The zero-order valence-corrected chi connectivity index (χ0v) is 15.3. The fourth-order valence-electron chi connectivity index (χ4n) is 3.08. The summed E-state index contributed by atoms with van der Waals surface area (Å²) in [6.45, 7) is 9.65. The van der Waals surface area contributed by atoms with E-state index < -0.39 is 23.3 Å². The zero-order chi connectivity index (χ0) is 19.5. The van der Waals surface area contributed by atoms with Crippen molar-refractivity contribution in [2.75, 3.05) is 19.6 Å². The zero-order valence-electron chi connectivity index (χ0n) is 15.3. The molecular weight excluding hydrogens is 337 g/mol. The Morgan fingerprint density at radius 2 is 1.88 bits per heavy atom. The van der Waals surface area contributed by atoms with Gasteiger partial charge in [-0.2, -0.15) is 0 Å². The molecule has 1 heterocycles. The molecule has 7 heteroatoms. The van der Waals surface area contributed by atoms with Gasteiger partial charge in [0.1, 0.15) is 17.9 Å². The number of imide groups is 1. The number of halogens is 1. The lowest BCUT2D eigenvalue weighted by molar-refractivity contribution is -0.139. The van der Waals surface area contributed by atoms with E-state index in [1.807, 2.05) is 6.92 Å². The highest BCUT2D eigenvalue weighted by Crippen LogP contribution is 2.32. The van der Waals surface area contributed by atoms with Crippen LogP contribution < -0.4 is 5.32 Å². The molecule has 1 aliphatic rings. The Morgan fingerprint density at radius 1 is 1.27 bits per heavy atom. The average Bonchev–Trinajstić information content (AvgIpc) is 2.85. The van der Waals surface area contributed by atoms with Crippen LogP contribution in [0.3, 0.4) is 0 Å². The number of likely N-dealkylation sites (N-methyl/N-ethyl adjacent to an activating group) is 1. The van der Waals surface area contributed by atoms with Crippen molar-refractivity contribution in [3.63, 3.8) is 0 Å². The average molecular weight is 361 g/mol. The summed E-state index contributed by atoms with van der Waals surface area (Å²) in [4.78, 5) is 40.3. The van der Waals surface area contributed by atoms with Gasteiger partial charge in [0.2, 0.25) is 5.91 Å². The molecule has 0 saturated carbocycles. The maximum atomic E-state index is 13.2. The summed E-state index contributed by atoms with van der Waals surface area (Å²) < 4.78 is 13.2. The second-order valence-corrected chi connectivity index (χ2v) is 6.45. The van der Waals surface area contributed by atoms with Crippen LogP contribution in [0.4, 0.5) is 9.18 Å². The molecule has 1 aliphatic heterocycles. The third kappa shape index (κ3) is 3.61. The number of urea groups is 1. The minimum absolute atomic E-state index is 0.289. The van der Waals surface area contributed by atoms with E-state index in [4.69, 9.17) is 0 Å². The first-order chi connectivity index (χ1) is 12.2. The van der Waals surface area contributed by atoms with Gasteiger partial charge in [-0.3, -0.25) is 14.5 Å². The Balaban J connectivity index is 2.25. The molecule has 26 heavy (non-hydrogen) atoms. The number of nitrogens with one attached hydrogen (secondary N) is 1. The lowest BCUT2D eigenvalue weighted by Crippen LogP contribution is -2.45. The number of amides is 4. The van der Waals surface area contributed by atoms with Crippen molar-refractivity contribution in [3.05, 3.63) is 47.8 Å². The Morgan fingerprint density at radius 3 is 2.38 bits per heavy atom. The predicted octanol–water partition coefficient (Wildman–Crippen LogP) is 2.41. The predicted molar refractivity (Wildman–Crippen MR) is 95.7 cm³/mol. The van der Waals surface area contributed by atoms with E-state index in [1.165, 1.54) is 29.2 Å². The molecule has 0 unspecified atom stereocenters. The highest BCUT2D eigenvalue weighted by atomic mass is 19.1. The minimum atomic E-state index is -1.28. The van der Waals surface area contributed by atoms with Crippen LogP contribution >= 0.6 is 0 Å². The van der Waals surface area contributed by atoms with Gasteiger partial charge in [-0.15, -0.1) is 0 Å². The van der Waals surface area contributed by atoms with Crippen molar-refractivity contribution in [1.29, 1.82) is 0 Å². The summed E-state index contributed by atoms with van der Waals surface area (Å²) >= 11 is 0. The first kappa shape index (κ1) is 19.6. The van der Waals surface area contributed by atoms with Gasteiger partial charge in [0.15, 0.2) is 0 Å². The quantitative estimate of drug-likeness (QED) is 0.599. The highest BCUT2D eigenvalue weighted by Gasteiger charge is 2.51. The molecule has 1 N–H and O–H groups in total. The molecule has 140 valence electrons. The molecule has 0 radical (unpaired) electrons. The van der Waals surface area contributed by atoms with Gasteiger partial charge in [0.05, 0.1) is 0 Å². The van der Waals surface area contributed by atoms with Crippen molar-refractivity contribution in [2.24, 2.45) is 0 Å². The Kier molecular flexibility index (Phi) is 5.79. The molecule has 0 bridgehead atoms. The van der Waals surface area contributed by atoms with Gasteiger partial charge in [-0.25, -0.2) is 9.18 Å². The number of carbonyl (C=O) groups excluding carboxylic acids is 3. The van der Waals surface area contributed by atoms with Crippen molar-refractivity contribution >= 4 is 17.8 Å². The Bertz CT molecular complexity index is 732. The molecule has 0 aliphatic carbocycles. The van der Waals surface area contributed by atoms with Crippen LogP contribution in [0, 0.1) is 5.82 Å². The number of hydrogen-bond donors (Lipinski definition) is 1. The molecule has 1 aromatic rings. The SMILES string of the molecule is C=C(C)CN(CC)C(=O)CN1C(=O)N[C@](CC)(c2ccc(F)cc2)C1=O. The number of nitrogens with zero attached hydrogens (tertiary/aromatic N) is 2. The largest absolute Gasteiger partial charge is 0.337 e. The molecule has 4 amide bonds. The van der Waals surface area contributed by atoms with Gasteiger partial charge in [-0.1, -0.05) is 31.2 Å². The number of hydrogen-bond acceptors (Lipinski definition) is 3.